The van der Waals surface area contributed by atoms with Crippen molar-refractivity contribution in [3.8, 4) is 11.5 Å². The fraction of sp³-hybridized carbons (Fsp3) is 0.435. The first-order valence-electron chi connectivity index (χ1n) is 10.1. The molecule has 0 N–H and O–H groups in total. The second-order valence-electron chi connectivity index (χ2n) is 7.80. The van der Waals surface area contributed by atoms with Crippen LogP contribution in [0.25, 0.3) is 0 Å². The highest BCUT2D eigenvalue weighted by molar-refractivity contribution is 6.30. The maximum Gasteiger partial charge on any atom is 0.237 e. The highest BCUT2D eigenvalue weighted by Gasteiger charge is 2.32. The van der Waals surface area contributed by atoms with Gasteiger partial charge in [0.1, 0.15) is 0 Å². The quantitative estimate of drug-likeness (QED) is 0.689. The average Bonchev–Trinajstić information content (AvgIpc) is 3.58. The molecule has 2 aromatic carbocycles. The molecule has 2 aliphatic rings. The Labute approximate surface area is 177 Å². The molecule has 1 heterocycles. The summed E-state index contributed by atoms with van der Waals surface area (Å²) in [5, 5.41) is 0.738. The lowest BCUT2D eigenvalue weighted by Gasteiger charge is -2.32. The Morgan fingerprint density at radius 1 is 1.10 bits per heavy atom. The van der Waals surface area contributed by atoms with Crippen LogP contribution in [0.5, 0.6) is 11.5 Å². The van der Waals surface area contributed by atoms with Crippen molar-refractivity contribution in [1.82, 2.24) is 9.80 Å². The molecule has 4 rings (SSSR count). The smallest absolute Gasteiger partial charge is 0.237 e. The fourth-order valence-electron chi connectivity index (χ4n) is 3.95. The molecule has 1 amide bonds. The maximum atomic E-state index is 13.1. The van der Waals surface area contributed by atoms with Crippen LogP contribution in [0.2, 0.25) is 5.02 Å². The second-order valence-corrected chi connectivity index (χ2v) is 8.24. The van der Waals surface area contributed by atoms with Crippen LogP contribution < -0.4 is 9.47 Å². The van der Waals surface area contributed by atoms with Crippen LogP contribution >= 0.6 is 11.6 Å². The number of carbonyl (C=O) groups excluding carboxylic acids is 1. The van der Waals surface area contributed by atoms with E-state index in [4.69, 9.17) is 21.1 Å². The number of carbonyl (C=O) groups is 1. The molecule has 0 unspecified atom stereocenters. The maximum absolute atomic E-state index is 13.1. The number of hydrogen-bond donors (Lipinski definition) is 0. The van der Waals surface area contributed by atoms with Crippen LogP contribution in [0, 0.1) is 0 Å². The predicted octanol–water partition coefficient (Wildman–Crippen LogP) is 3.91. The van der Waals surface area contributed by atoms with Crippen molar-refractivity contribution in [2.24, 2.45) is 0 Å². The molecule has 2 aromatic rings. The highest BCUT2D eigenvalue weighted by atomic mass is 35.5. The zero-order valence-electron chi connectivity index (χ0n) is 17.0. The third-order valence-corrected chi connectivity index (χ3v) is 6.02. The number of amides is 1. The van der Waals surface area contributed by atoms with Crippen LogP contribution in [0.4, 0.5) is 0 Å². The van der Waals surface area contributed by atoms with Crippen molar-refractivity contribution in [1.29, 1.82) is 0 Å². The lowest BCUT2D eigenvalue weighted by atomic mass is 9.98. The molecular weight excluding hydrogens is 388 g/mol. The molecule has 0 atom stereocenters. The van der Waals surface area contributed by atoms with E-state index in [1.165, 1.54) is 24.0 Å². The van der Waals surface area contributed by atoms with Crippen molar-refractivity contribution in [2.45, 2.75) is 38.4 Å². The van der Waals surface area contributed by atoms with Gasteiger partial charge in [0.2, 0.25) is 5.91 Å². The van der Waals surface area contributed by atoms with Gasteiger partial charge in [-0.2, -0.15) is 0 Å². The number of ether oxygens (including phenoxy) is 2. The Morgan fingerprint density at radius 3 is 2.38 bits per heavy atom. The summed E-state index contributed by atoms with van der Waals surface area (Å²) in [6.45, 7) is 2.59. The number of fused-ring (bicyclic) bond motifs is 1. The van der Waals surface area contributed by atoms with Gasteiger partial charge in [0.05, 0.1) is 20.8 Å². The molecule has 29 heavy (non-hydrogen) atoms. The number of methoxy groups -OCH3 is 2. The molecule has 6 heteroatoms. The first kappa shape index (κ1) is 20.0. The van der Waals surface area contributed by atoms with Gasteiger partial charge >= 0.3 is 0 Å². The van der Waals surface area contributed by atoms with Gasteiger partial charge in [-0.25, -0.2) is 0 Å². The number of hydrogen-bond acceptors (Lipinski definition) is 4. The van der Waals surface area contributed by atoms with E-state index in [0.29, 0.717) is 24.9 Å². The van der Waals surface area contributed by atoms with E-state index in [1.807, 2.05) is 41.3 Å². The number of benzene rings is 2. The van der Waals surface area contributed by atoms with E-state index in [-0.39, 0.29) is 5.91 Å². The second kappa shape index (κ2) is 8.64. The molecule has 1 aliphatic heterocycles. The molecule has 0 saturated heterocycles. The van der Waals surface area contributed by atoms with Gasteiger partial charge in [0.25, 0.3) is 0 Å². The van der Waals surface area contributed by atoms with Crippen molar-refractivity contribution in [2.75, 3.05) is 27.3 Å². The summed E-state index contributed by atoms with van der Waals surface area (Å²) >= 11 is 6.00. The zero-order chi connectivity index (χ0) is 20.4. The number of nitrogens with zero attached hydrogens (tertiary/aromatic N) is 2. The highest BCUT2D eigenvalue weighted by Crippen LogP contribution is 2.34. The van der Waals surface area contributed by atoms with Crippen LogP contribution in [-0.2, 0) is 24.3 Å². The van der Waals surface area contributed by atoms with E-state index in [2.05, 4.69) is 4.90 Å². The molecule has 0 spiro atoms. The van der Waals surface area contributed by atoms with Crippen LogP contribution in [0.15, 0.2) is 36.4 Å². The summed E-state index contributed by atoms with van der Waals surface area (Å²) in [5.41, 5.74) is 3.56. The monoisotopic (exact) mass is 414 g/mol. The van der Waals surface area contributed by atoms with E-state index in [0.717, 1.165) is 35.8 Å². The van der Waals surface area contributed by atoms with E-state index in [1.54, 1.807) is 14.2 Å². The minimum absolute atomic E-state index is 0.186. The van der Waals surface area contributed by atoms with E-state index >= 15 is 0 Å². The first-order valence-corrected chi connectivity index (χ1v) is 10.4. The van der Waals surface area contributed by atoms with Crippen LogP contribution in [-0.4, -0.2) is 49.1 Å². The average molecular weight is 415 g/mol. The van der Waals surface area contributed by atoms with Gasteiger partial charge in [-0.3, -0.25) is 9.69 Å². The number of rotatable bonds is 7. The van der Waals surface area contributed by atoms with Gasteiger partial charge < -0.3 is 14.4 Å². The van der Waals surface area contributed by atoms with Crippen molar-refractivity contribution in [3.63, 3.8) is 0 Å². The Morgan fingerprint density at radius 2 is 1.76 bits per heavy atom. The minimum atomic E-state index is 0.186. The van der Waals surface area contributed by atoms with Crippen LogP contribution in [0.1, 0.15) is 29.5 Å². The molecule has 1 fully saturated rings. The Bertz CT molecular complexity index is 880. The topological polar surface area (TPSA) is 42.0 Å². The van der Waals surface area contributed by atoms with Gasteiger partial charge in [-0.15, -0.1) is 0 Å². The normalized spacial score (nSPS) is 15.9. The van der Waals surface area contributed by atoms with Gasteiger partial charge in [0.15, 0.2) is 11.5 Å². The summed E-state index contributed by atoms with van der Waals surface area (Å²) in [5.74, 6) is 1.64. The Kier molecular flexibility index (Phi) is 5.97. The largest absolute Gasteiger partial charge is 0.493 e. The molecule has 1 saturated carbocycles. The lowest BCUT2D eigenvalue weighted by molar-refractivity contribution is -0.133. The molecule has 0 aromatic heterocycles. The summed E-state index contributed by atoms with van der Waals surface area (Å²) in [6, 6.07) is 12.4. The number of halogens is 1. The third kappa shape index (κ3) is 4.68. The molecule has 0 bridgehead atoms. The lowest BCUT2D eigenvalue weighted by Crippen LogP contribution is -2.43. The van der Waals surface area contributed by atoms with Gasteiger partial charge in [-0.1, -0.05) is 23.7 Å². The third-order valence-electron chi connectivity index (χ3n) is 5.77. The summed E-state index contributed by atoms with van der Waals surface area (Å²) < 4.78 is 10.8. The van der Waals surface area contributed by atoms with Gasteiger partial charge in [0, 0.05) is 30.7 Å². The van der Waals surface area contributed by atoms with Crippen LogP contribution in [0.3, 0.4) is 0 Å². The van der Waals surface area contributed by atoms with Crippen molar-refractivity contribution in [3.05, 3.63) is 58.1 Å². The fourth-order valence-corrected chi connectivity index (χ4v) is 4.07. The predicted molar refractivity (Wildman–Crippen MR) is 114 cm³/mol. The molecule has 0 radical (unpaired) electrons. The summed E-state index contributed by atoms with van der Waals surface area (Å²) in [4.78, 5) is 17.3. The van der Waals surface area contributed by atoms with Crippen molar-refractivity contribution >= 4 is 17.5 Å². The molecule has 154 valence electrons. The molecular formula is C23H27ClN2O3. The standard InChI is InChI=1S/C23H27ClN2O3/c1-28-21-11-17-9-10-25(14-18(17)12-22(21)29-2)23(27)15-26(20-7-8-20)13-16-3-5-19(24)6-4-16/h3-6,11-12,20H,7-10,13-15H2,1-2H3. The van der Waals surface area contributed by atoms with Crippen molar-refractivity contribution < 1.29 is 14.3 Å². The minimum Gasteiger partial charge on any atom is -0.493 e. The zero-order valence-corrected chi connectivity index (χ0v) is 17.7. The van der Waals surface area contributed by atoms with E-state index < -0.39 is 0 Å². The first-order chi connectivity index (χ1) is 14.1. The van der Waals surface area contributed by atoms with E-state index in [9.17, 15) is 4.79 Å². The van der Waals surface area contributed by atoms with Gasteiger partial charge in [-0.05, 0) is 60.2 Å². The molecule has 1 aliphatic carbocycles. The Balaban J connectivity index is 1.43. The molecule has 5 nitrogen and oxygen atoms in total. The summed E-state index contributed by atoms with van der Waals surface area (Å²) in [7, 11) is 3.29. The Hall–Kier alpha value is -2.24. The summed E-state index contributed by atoms with van der Waals surface area (Å²) in [6.07, 6.45) is 3.17. The SMILES string of the molecule is COc1cc2c(cc1OC)CN(C(=O)CN(Cc1ccc(Cl)cc1)C1CC1)CC2.